The predicted molar refractivity (Wildman–Crippen MR) is 71.3 cm³/mol. The Labute approximate surface area is 104 Å². The van der Waals surface area contributed by atoms with Crippen LogP contribution >= 0.6 is 0 Å². The lowest BCUT2D eigenvalue weighted by Crippen LogP contribution is -2.05. The summed E-state index contributed by atoms with van der Waals surface area (Å²) in [4.78, 5) is 0. The fourth-order valence-electron chi connectivity index (χ4n) is 2.46. The normalized spacial score (nSPS) is 18.5. The molecular weight excluding hydrogens is 210 g/mol. The third-order valence-corrected chi connectivity index (χ3v) is 3.46. The Morgan fingerprint density at radius 2 is 2.24 bits per heavy atom. The minimum Gasteiger partial charge on any atom is -0.493 e. The van der Waals surface area contributed by atoms with E-state index in [2.05, 4.69) is 32.0 Å². The molecule has 0 saturated heterocycles. The molecule has 2 heteroatoms. The number of hydrogen-bond donors (Lipinski definition) is 1. The van der Waals surface area contributed by atoms with Gasteiger partial charge in [0.2, 0.25) is 0 Å². The Kier molecular flexibility index (Phi) is 4.06. The maximum Gasteiger partial charge on any atom is 0.122 e. The van der Waals surface area contributed by atoms with E-state index < -0.39 is 0 Å². The molecule has 1 aromatic carbocycles. The first kappa shape index (κ1) is 12.4. The summed E-state index contributed by atoms with van der Waals surface area (Å²) < 4.78 is 5.89. The van der Waals surface area contributed by atoms with Crippen LogP contribution in [0.3, 0.4) is 0 Å². The zero-order chi connectivity index (χ0) is 12.3. The fourth-order valence-corrected chi connectivity index (χ4v) is 2.46. The van der Waals surface area contributed by atoms with Crippen LogP contribution in [0.15, 0.2) is 18.2 Å². The maximum atomic E-state index is 6.05. The quantitative estimate of drug-likeness (QED) is 0.791. The van der Waals surface area contributed by atoms with Gasteiger partial charge in [-0.2, -0.15) is 0 Å². The Morgan fingerprint density at radius 3 is 3.00 bits per heavy atom. The van der Waals surface area contributed by atoms with Crippen LogP contribution in [-0.2, 0) is 6.42 Å². The van der Waals surface area contributed by atoms with E-state index in [0.717, 1.165) is 37.5 Å². The Hall–Kier alpha value is -1.02. The third-order valence-electron chi connectivity index (χ3n) is 3.46. The van der Waals surface area contributed by atoms with Gasteiger partial charge >= 0.3 is 0 Å². The molecule has 0 bridgehead atoms. The zero-order valence-electron chi connectivity index (χ0n) is 10.9. The Bertz CT molecular complexity index is 373. The highest BCUT2D eigenvalue weighted by Crippen LogP contribution is 2.35. The summed E-state index contributed by atoms with van der Waals surface area (Å²) in [5, 5.41) is 0. The van der Waals surface area contributed by atoms with Crippen LogP contribution in [0.2, 0.25) is 0 Å². The van der Waals surface area contributed by atoms with Gasteiger partial charge in [0.1, 0.15) is 5.75 Å². The van der Waals surface area contributed by atoms with Crippen LogP contribution in [-0.4, -0.2) is 6.61 Å². The lowest BCUT2D eigenvalue weighted by molar-refractivity contribution is 0.295. The molecule has 0 spiro atoms. The van der Waals surface area contributed by atoms with Crippen LogP contribution in [0.1, 0.15) is 50.3 Å². The van der Waals surface area contributed by atoms with Crippen LogP contribution in [0.25, 0.3) is 0 Å². The van der Waals surface area contributed by atoms with Crippen LogP contribution in [0.5, 0.6) is 5.75 Å². The van der Waals surface area contributed by atoms with Crippen LogP contribution in [0, 0.1) is 5.92 Å². The van der Waals surface area contributed by atoms with E-state index in [1.54, 1.807) is 0 Å². The lowest BCUT2D eigenvalue weighted by Gasteiger charge is -2.12. The Balaban J connectivity index is 1.93. The van der Waals surface area contributed by atoms with E-state index in [0.29, 0.717) is 0 Å². The van der Waals surface area contributed by atoms with E-state index in [1.165, 1.54) is 17.5 Å². The predicted octanol–water partition coefficient (Wildman–Crippen LogP) is 3.45. The largest absolute Gasteiger partial charge is 0.493 e. The van der Waals surface area contributed by atoms with E-state index in [1.807, 2.05) is 0 Å². The molecule has 1 atom stereocenters. The number of nitrogens with two attached hydrogens (primary N) is 1. The summed E-state index contributed by atoms with van der Waals surface area (Å²) in [5.74, 6) is 1.81. The average Bonchev–Trinajstić information content (AvgIpc) is 2.67. The molecule has 1 aliphatic carbocycles. The summed E-state index contributed by atoms with van der Waals surface area (Å²) in [6, 6.07) is 6.48. The van der Waals surface area contributed by atoms with E-state index >= 15 is 0 Å². The van der Waals surface area contributed by atoms with Gasteiger partial charge in [0.05, 0.1) is 6.61 Å². The van der Waals surface area contributed by atoms with E-state index in [9.17, 15) is 0 Å². The van der Waals surface area contributed by atoms with Gasteiger partial charge in [0.25, 0.3) is 0 Å². The molecule has 0 fully saturated rings. The summed E-state index contributed by atoms with van der Waals surface area (Å²) >= 11 is 0. The van der Waals surface area contributed by atoms with Crippen molar-refractivity contribution in [1.82, 2.24) is 0 Å². The first-order valence-corrected chi connectivity index (χ1v) is 6.68. The lowest BCUT2D eigenvalue weighted by atomic mass is 10.1. The molecule has 1 aliphatic rings. The van der Waals surface area contributed by atoms with Crippen molar-refractivity contribution in [3.05, 3.63) is 29.3 Å². The summed E-state index contributed by atoms with van der Waals surface area (Å²) in [6.07, 6.45) is 4.49. The SMILES string of the molecule is CC(C)CCCOc1cccc2c1CCC2N. The highest BCUT2D eigenvalue weighted by atomic mass is 16.5. The van der Waals surface area contributed by atoms with E-state index in [4.69, 9.17) is 10.5 Å². The molecule has 1 aromatic rings. The van der Waals surface area contributed by atoms with Crippen molar-refractivity contribution in [1.29, 1.82) is 0 Å². The Morgan fingerprint density at radius 1 is 1.41 bits per heavy atom. The van der Waals surface area contributed by atoms with E-state index in [-0.39, 0.29) is 6.04 Å². The first-order valence-electron chi connectivity index (χ1n) is 6.68. The van der Waals surface area contributed by atoms with Crippen molar-refractivity contribution in [2.75, 3.05) is 6.61 Å². The van der Waals surface area contributed by atoms with Gasteiger partial charge in [-0.1, -0.05) is 26.0 Å². The van der Waals surface area contributed by atoms with Crippen LogP contribution in [0.4, 0.5) is 0 Å². The van der Waals surface area contributed by atoms with Crippen molar-refractivity contribution in [3.63, 3.8) is 0 Å². The molecule has 1 unspecified atom stereocenters. The van der Waals surface area contributed by atoms with Gasteiger partial charge in [-0.05, 0) is 48.8 Å². The summed E-state index contributed by atoms with van der Waals surface area (Å²) in [7, 11) is 0. The summed E-state index contributed by atoms with van der Waals surface area (Å²) in [6.45, 7) is 5.32. The molecule has 0 amide bonds. The zero-order valence-corrected chi connectivity index (χ0v) is 10.9. The fraction of sp³-hybridized carbons (Fsp3) is 0.600. The topological polar surface area (TPSA) is 35.2 Å². The number of ether oxygens (including phenoxy) is 1. The smallest absolute Gasteiger partial charge is 0.122 e. The van der Waals surface area contributed by atoms with Gasteiger partial charge in [-0.3, -0.25) is 0 Å². The average molecular weight is 233 g/mol. The second kappa shape index (κ2) is 5.54. The second-order valence-corrected chi connectivity index (χ2v) is 5.35. The van der Waals surface area contributed by atoms with Gasteiger partial charge in [0.15, 0.2) is 0 Å². The van der Waals surface area contributed by atoms with Gasteiger partial charge in [0, 0.05) is 6.04 Å². The standard InChI is InChI=1S/C15H23NO/c1-11(2)5-4-10-17-15-7-3-6-12-13(15)8-9-14(12)16/h3,6-7,11,14H,4-5,8-10,16H2,1-2H3. The third kappa shape index (κ3) is 3.01. The molecule has 17 heavy (non-hydrogen) atoms. The highest BCUT2D eigenvalue weighted by Gasteiger charge is 2.21. The minimum absolute atomic E-state index is 0.212. The molecule has 0 aromatic heterocycles. The summed E-state index contributed by atoms with van der Waals surface area (Å²) in [5.41, 5.74) is 8.68. The molecule has 94 valence electrons. The number of hydrogen-bond acceptors (Lipinski definition) is 2. The highest BCUT2D eigenvalue weighted by molar-refractivity contribution is 5.44. The molecule has 0 saturated carbocycles. The molecule has 2 rings (SSSR count). The van der Waals surface area contributed by atoms with Gasteiger partial charge < -0.3 is 10.5 Å². The molecule has 2 N–H and O–H groups in total. The van der Waals surface area contributed by atoms with Crippen molar-refractivity contribution in [3.8, 4) is 5.75 Å². The molecule has 0 aliphatic heterocycles. The van der Waals surface area contributed by atoms with Crippen molar-refractivity contribution >= 4 is 0 Å². The van der Waals surface area contributed by atoms with Crippen molar-refractivity contribution in [2.45, 2.75) is 45.6 Å². The van der Waals surface area contributed by atoms with Crippen molar-refractivity contribution < 1.29 is 4.74 Å². The number of fused-ring (bicyclic) bond motifs is 1. The molecule has 0 heterocycles. The molecule has 0 radical (unpaired) electrons. The number of benzene rings is 1. The van der Waals surface area contributed by atoms with Crippen LogP contribution < -0.4 is 10.5 Å². The second-order valence-electron chi connectivity index (χ2n) is 5.35. The first-order chi connectivity index (χ1) is 8.18. The maximum absolute atomic E-state index is 6.05. The monoisotopic (exact) mass is 233 g/mol. The molecule has 2 nitrogen and oxygen atoms in total. The van der Waals surface area contributed by atoms with Gasteiger partial charge in [-0.15, -0.1) is 0 Å². The number of rotatable bonds is 5. The van der Waals surface area contributed by atoms with Crippen molar-refractivity contribution in [2.24, 2.45) is 11.7 Å². The molecular formula is C15H23NO. The van der Waals surface area contributed by atoms with Gasteiger partial charge in [-0.25, -0.2) is 0 Å². The minimum atomic E-state index is 0.212.